The fraction of sp³-hybridized carbons (Fsp3) is 0.556. The minimum atomic E-state index is 0.559. The van der Waals surface area contributed by atoms with Gasteiger partial charge in [0.1, 0.15) is 0 Å². The quantitative estimate of drug-likeness (QED) is 0.908. The Balaban J connectivity index is 1.79. The van der Waals surface area contributed by atoms with Crippen molar-refractivity contribution in [1.29, 1.82) is 0 Å². The fourth-order valence-corrected chi connectivity index (χ4v) is 4.41. The van der Waals surface area contributed by atoms with Gasteiger partial charge < -0.3 is 5.73 Å². The second-order valence-corrected chi connectivity index (χ2v) is 7.78. The average Bonchev–Trinajstić information content (AvgIpc) is 2.88. The maximum atomic E-state index is 5.98. The molecule has 0 aliphatic carbocycles. The van der Waals surface area contributed by atoms with E-state index in [0.717, 1.165) is 6.54 Å². The number of rotatable bonds is 4. The Hall–Kier alpha value is -0.900. The minimum Gasteiger partial charge on any atom is -0.326 e. The first kappa shape index (κ1) is 15.0. The topological polar surface area (TPSA) is 29.3 Å². The number of hydrogen-bond donors (Lipinski definition) is 1. The summed E-state index contributed by atoms with van der Waals surface area (Å²) in [6.07, 6.45) is 3.95. The van der Waals surface area contributed by atoms with E-state index in [-0.39, 0.29) is 0 Å². The first-order valence-corrected chi connectivity index (χ1v) is 8.88. The van der Waals surface area contributed by atoms with Crippen LogP contribution < -0.4 is 5.73 Å². The van der Waals surface area contributed by atoms with Gasteiger partial charge in [-0.05, 0) is 48.4 Å². The molecule has 0 unspecified atom stereocenters. The summed E-state index contributed by atoms with van der Waals surface area (Å²) in [6, 6.07) is 8.73. The molecule has 1 aliphatic rings. The van der Waals surface area contributed by atoms with Crippen molar-refractivity contribution < 1.29 is 0 Å². The van der Waals surface area contributed by atoms with E-state index < -0.39 is 0 Å². The molecule has 0 spiro atoms. The van der Waals surface area contributed by atoms with E-state index in [9.17, 15) is 0 Å². The van der Waals surface area contributed by atoms with Crippen molar-refractivity contribution in [3.8, 4) is 0 Å². The number of benzene rings is 1. The van der Waals surface area contributed by atoms with Gasteiger partial charge in [-0.3, -0.25) is 4.90 Å². The van der Waals surface area contributed by atoms with Crippen LogP contribution in [-0.4, -0.2) is 18.0 Å². The first-order chi connectivity index (χ1) is 10.1. The van der Waals surface area contributed by atoms with Crippen molar-refractivity contribution in [3.63, 3.8) is 0 Å². The van der Waals surface area contributed by atoms with Gasteiger partial charge in [0.2, 0.25) is 0 Å². The number of thiophene rings is 1. The monoisotopic (exact) mass is 302 g/mol. The van der Waals surface area contributed by atoms with Gasteiger partial charge in [0.25, 0.3) is 0 Å². The average molecular weight is 302 g/mol. The molecule has 0 atom stereocenters. The zero-order valence-corrected chi connectivity index (χ0v) is 14.0. The van der Waals surface area contributed by atoms with Crippen LogP contribution in [0.1, 0.15) is 43.6 Å². The molecule has 1 saturated heterocycles. The molecule has 1 fully saturated rings. The van der Waals surface area contributed by atoms with E-state index in [1.807, 2.05) is 11.3 Å². The third-order valence-electron chi connectivity index (χ3n) is 5.27. The maximum Gasteiger partial charge on any atom is 0.0349 e. The molecule has 0 bridgehead atoms. The maximum absolute atomic E-state index is 5.98. The van der Waals surface area contributed by atoms with E-state index in [0.29, 0.717) is 12.0 Å². The largest absolute Gasteiger partial charge is 0.326 e. The highest BCUT2D eigenvalue weighted by atomic mass is 32.1. The van der Waals surface area contributed by atoms with Gasteiger partial charge in [0, 0.05) is 22.7 Å². The van der Waals surface area contributed by atoms with Crippen molar-refractivity contribution >= 4 is 21.4 Å². The molecule has 2 heterocycles. The third-order valence-corrected chi connectivity index (χ3v) is 6.50. The zero-order chi connectivity index (χ0) is 14.9. The molecule has 1 aliphatic heterocycles. The van der Waals surface area contributed by atoms with Crippen LogP contribution in [0.15, 0.2) is 24.3 Å². The van der Waals surface area contributed by atoms with Crippen LogP contribution in [0, 0.1) is 5.41 Å². The molecule has 114 valence electrons. The third kappa shape index (κ3) is 3.01. The lowest BCUT2D eigenvalue weighted by Gasteiger charge is -2.39. The van der Waals surface area contributed by atoms with Crippen LogP contribution in [0.25, 0.3) is 10.1 Å². The molecular formula is C18H26N2S. The van der Waals surface area contributed by atoms with Crippen molar-refractivity contribution in [3.05, 3.63) is 34.7 Å². The SMILES string of the molecule is CCC1(C)CCN(Cc2c(CN)sc3ccccc23)CC1. The summed E-state index contributed by atoms with van der Waals surface area (Å²) in [5, 5.41) is 1.41. The van der Waals surface area contributed by atoms with E-state index in [1.165, 1.54) is 52.9 Å². The highest BCUT2D eigenvalue weighted by Gasteiger charge is 2.28. The summed E-state index contributed by atoms with van der Waals surface area (Å²) >= 11 is 1.87. The lowest BCUT2D eigenvalue weighted by Crippen LogP contribution is -2.38. The lowest BCUT2D eigenvalue weighted by molar-refractivity contribution is 0.110. The van der Waals surface area contributed by atoms with E-state index >= 15 is 0 Å². The van der Waals surface area contributed by atoms with Gasteiger partial charge in [0.15, 0.2) is 0 Å². The molecule has 2 aromatic rings. The van der Waals surface area contributed by atoms with Gasteiger partial charge in [-0.25, -0.2) is 0 Å². The van der Waals surface area contributed by atoms with Crippen LogP contribution in [-0.2, 0) is 13.1 Å². The van der Waals surface area contributed by atoms with Crippen molar-refractivity contribution in [2.45, 2.75) is 46.2 Å². The van der Waals surface area contributed by atoms with Gasteiger partial charge in [-0.2, -0.15) is 0 Å². The second-order valence-electron chi connectivity index (χ2n) is 6.64. The Bertz CT molecular complexity index is 609. The first-order valence-electron chi connectivity index (χ1n) is 8.07. The number of piperidine rings is 1. The van der Waals surface area contributed by atoms with Crippen molar-refractivity contribution in [1.82, 2.24) is 4.90 Å². The van der Waals surface area contributed by atoms with Gasteiger partial charge in [-0.1, -0.05) is 38.5 Å². The number of nitrogens with zero attached hydrogens (tertiary/aromatic N) is 1. The highest BCUT2D eigenvalue weighted by Crippen LogP contribution is 2.36. The molecule has 1 aromatic carbocycles. The van der Waals surface area contributed by atoms with Crippen LogP contribution >= 0.6 is 11.3 Å². The molecule has 2 nitrogen and oxygen atoms in total. The summed E-state index contributed by atoms with van der Waals surface area (Å²) in [5.41, 5.74) is 8.01. The Morgan fingerprint density at radius 3 is 2.62 bits per heavy atom. The van der Waals surface area contributed by atoms with Gasteiger partial charge >= 0.3 is 0 Å². The fourth-order valence-electron chi connectivity index (χ4n) is 3.32. The smallest absolute Gasteiger partial charge is 0.0349 e. The molecule has 0 saturated carbocycles. The summed E-state index contributed by atoms with van der Waals surface area (Å²) in [7, 11) is 0. The number of hydrogen-bond acceptors (Lipinski definition) is 3. The normalized spacial score (nSPS) is 19.2. The molecule has 21 heavy (non-hydrogen) atoms. The van der Waals surface area contributed by atoms with Crippen molar-refractivity contribution in [2.24, 2.45) is 11.1 Å². The van der Waals surface area contributed by atoms with Crippen LogP contribution in [0.2, 0.25) is 0 Å². The molecule has 0 amide bonds. The second kappa shape index (κ2) is 6.07. The molecule has 1 aromatic heterocycles. The molecule has 0 radical (unpaired) electrons. The Labute approximate surface area is 131 Å². The molecular weight excluding hydrogens is 276 g/mol. The highest BCUT2D eigenvalue weighted by molar-refractivity contribution is 7.19. The summed E-state index contributed by atoms with van der Waals surface area (Å²) in [4.78, 5) is 3.98. The van der Waals surface area contributed by atoms with E-state index in [2.05, 4.69) is 43.0 Å². The Morgan fingerprint density at radius 2 is 1.95 bits per heavy atom. The molecule has 3 rings (SSSR count). The molecule has 3 heteroatoms. The number of likely N-dealkylation sites (tertiary alicyclic amines) is 1. The predicted molar refractivity (Wildman–Crippen MR) is 92.6 cm³/mol. The van der Waals surface area contributed by atoms with Gasteiger partial charge in [0.05, 0.1) is 0 Å². The van der Waals surface area contributed by atoms with Crippen LogP contribution in [0.5, 0.6) is 0 Å². The van der Waals surface area contributed by atoms with Crippen molar-refractivity contribution in [2.75, 3.05) is 13.1 Å². The molecule has 2 N–H and O–H groups in total. The van der Waals surface area contributed by atoms with Crippen LogP contribution in [0.3, 0.4) is 0 Å². The summed E-state index contributed by atoms with van der Waals surface area (Å²) < 4.78 is 1.38. The summed E-state index contributed by atoms with van der Waals surface area (Å²) in [5.74, 6) is 0. The number of nitrogens with two attached hydrogens (primary N) is 1. The summed E-state index contributed by atoms with van der Waals surface area (Å²) in [6.45, 7) is 8.94. The zero-order valence-electron chi connectivity index (χ0n) is 13.2. The lowest BCUT2D eigenvalue weighted by atomic mass is 9.78. The van der Waals surface area contributed by atoms with Gasteiger partial charge in [-0.15, -0.1) is 11.3 Å². The Morgan fingerprint density at radius 1 is 1.24 bits per heavy atom. The van der Waals surface area contributed by atoms with E-state index in [4.69, 9.17) is 5.73 Å². The van der Waals surface area contributed by atoms with Crippen LogP contribution in [0.4, 0.5) is 0 Å². The standard InChI is InChI=1S/C18H26N2S/c1-3-18(2)8-10-20(11-9-18)13-15-14-6-4-5-7-16(14)21-17(15)12-19/h4-7H,3,8-13,19H2,1-2H3. The predicted octanol–water partition coefficient (Wildman–Crippen LogP) is 4.37. The minimum absolute atomic E-state index is 0.559. The Kier molecular flexibility index (Phi) is 4.34. The number of fused-ring (bicyclic) bond motifs is 1. The van der Waals surface area contributed by atoms with E-state index in [1.54, 1.807) is 0 Å².